The summed E-state index contributed by atoms with van der Waals surface area (Å²) in [5.74, 6) is 0.886. The van der Waals surface area contributed by atoms with E-state index in [9.17, 15) is 9.59 Å². The number of rotatable bonds is 5. The third-order valence-electron chi connectivity index (χ3n) is 6.18. The molecule has 0 saturated carbocycles. The van der Waals surface area contributed by atoms with Crippen molar-refractivity contribution in [1.29, 1.82) is 0 Å². The quantitative estimate of drug-likeness (QED) is 0.649. The number of aryl methyl sites for hydroxylation is 2. The first-order chi connectivity index (χ1) is 15.2. The summed E-state index contributed by atoms with van der Waals surface area (Å²) in [4.78, 5) is 29.7. The highest BCUT2D eigenvalue weighted by Gasteiger charge is 2.26. The van der Waals surface area contributed by atoms with E-state index in [1.165, 1.54) is 12.8 Å². The van der Waals surface area contributed by atoms with Crippen molar-refractivity contribution in [1.82, 2.24) is 9.55 Å². The van der Waals surface area contributed by atoms with Crippen LogP contribution >= 0.6 is 0 Å². The molecule has 2 N–H and O–H groups in total. The molecular weight excluding hydrogens is 388 g/mol. The molecule has 0 radical (unpaired) electrons. The molecule has 3 heterocycles. The van der Waals surface area contributed by atoms with Gasteiger partial charge in [0.2, 0.25) is 11.8 Å². The Bertz CT molecular complexity index is 1110. The minimum Gasteiger partial charge on any atom is -0.334 e. The highest BCUT2D eigenvalue weighted by atomic mass is 16.2. The summed E-state index contributed by atoms with van der Waals surface area (Å²) in [5, 5.41) is 5.93. The minimum atomic E-state index is -0.177. The van der Waals surface area contributed by atoms with Crippen LogP contribution in [0.25, 0.3) is 11.3 Å². The van der Waals surface area contributed by atoms with Crippen LogP contribution in [0.3, 0.4) is 0 Å². The van der Waals surface area contributed by atoms with Crippen molar-refractivity contribution in [2.75, 3.05) is 10.6 Å². The maximum atomic E-state index is 12.6. The molecule has 1 unspecified atom stereocenters. The number of anilines is 2. The van der Waals surface area contributed by atoms with Crippen molar-refractivity contribution in [3.05, 3.63) is 66.1 Å². The molecule has 158 valence electrons. The molecule has 6 heteroatoms. The lowest BCUT2D eigenvalue weighted by Gasteiger charge is -2.24. The molecule has 0 aliphatic carbocycles. The predicted molar refractivity (Wildman–Crippen MR) is 121 cm³/mol. The summed E-state index contributed by atoms with van der Waals surface area (Å²) < 4.78 is 2.23. The number of para-hydroxylation sites is 1. The van der Waals surface area contributed by atoms with Gasteiger partial charge >= 0.3 is 0 Å². The van der Waals surface area contributed by atoms with Crippen molar-refractivity contribution >= 4 is 23.2 Å². The van der Waals surface area contributed by atoms with E-state index >= 15 is 0 Å². The normalized spacial score (nSPS) is 17.4. The van der Waals surface area contributed by atoms with Gasteiger partial charge in [-0.05, 0) is 49.4 Å². The first kappa shape index (κ1) is 19.5. The maximum absolute atomic E-state index is 12.6. The van der Waals surface area contributed by atoms with E-state index in [1.807, 2.05) is 48.5 Å². The summed E-state index contributed by atoms with van der Waals surface area (Å²) in [6, 6.07) is 15.7. The molecule has 2 amide bonds. The molecule has 0 bridgehead atoms. The maximum Gasteiger partial charge on any atom is 0.227 e. The Labute approximate surface area is 181 Å². The molecule has 2 aliphatic rings. The molecule has 1 atom stereocenters. The Morgan fingerprint density at radius 1 is 1.16 bits per heavy atom. The van der Waals surface area contributed by atoms with Gasteiger partial charge in [-0.2, -0.15) is 0 Å². The smallest absolute Gasteiger partial charge is 0.227 e. The first-order valence-corrected chi connectivity index (χ1v) is 11.0. The zero-order chi connectivity index (χ0) is 21.2. The van der Waals surface area contributed by atoms with Crippen molar-refractivity contribution in [3.63, 3.8) is 0 Å². The number of fused-ring (bicyclic) bond motifs is 2. The number of aromatic nitrogens is 2. The zero-order valence-corrected chi connectivity index (χ0v) is 17.4. The lowest BCUT2D eigenvalue weighted by Crippen LogP contribution is -2.30. The standard InChI is InChI=1S/C25H26N4O2/c30-24(12-11-19-14-17-6-1-2-9-21(17)28-25(19)31)26-20-8-5-7-18(15-20)22-16-29-13-4-3-10-23(29)27-22/h1-2,5-9,15-16,19H,3-4,10-14H2,(H,26,30)(H,28,31). The zero-order valence-electron chi connectivity index (χ0n) is 17.4. The average Bonchev–Trinajstić information content (AvgIpc) is 3.22. The van der Waals surface area contributed by atoms with Crippen LogP contribution < -0.4 is 10.6 Å². The van der Waals surface area contributed by atoms with Crippen LogP contribution in [-0.4, -0.2) is 21.4 Å². The van der Waals surface area contributed by atoms with Crippen LogP contribution in [-0.2, 0) is 29.0 Å². The molecule has 0 saturated heterocycles. The van der Waals surface area contributed by atoms with Gasteiger partial charge in [-0.1, -0.05) is 30.3 Å². The van der Waals surface area contributed by atoms with Gasteiger partial charge in [0.1, 0.15) is 5.82 Å². The SMILES string of the molecule is O=C(CCC1Cc2ccccc2NC1=O)Nc1cccc(-c2cn3c(n2)CCCC3)c1. The van der Waals surface area contributed by atoms with Crippen LogP contribution in [0.15, 0.2) is 54.7 Å². The van der Waals surface area contributed by atoms with Crippen molar-refractivity contribution < 1.29 is 9.59 Å². The number of hydrogen-bond donors (Lipinski definition) is 2. The third kappa shape index (κ3) is 4.24. The fourth-order valence-electron chi connectivity index (χ4n) is 4.48. The van der Waals surface area contributed by atoms with E-state index < -0.39 is 0 Å². The Kier molecular flexibility index (Phi) is 5.28. The summed E-state index contributed by atoms with van der Waals surface area (Å²) >= 11 is 0. The lowest BCUT2D eigenvalue weighted by molar-refractivity contribution is -0.121. The van der Waals surface area contributed by atoms with E-state index in [-0.39, 0.29) is 17.7 Å². The van der Waals surface area contributed by atoms with Gasteiger partial charge in [-0.15, -0.1) is 0 Å². The van der Waals surface area contributed by atoms with Crippen molar-refractivity contribution in [2.45, 2.75) is 45.1 Å². The molecule has 5 rings (SSSR count). The van der Waals surface area contributed by atoms with Crippen molar-refractivity contribution in [2.24, 2.45) is 5.92 Å². The Balaban J connectivity index is 1.21. The van der Waals surface area contributed by atoms with Gasteiger partial charge in [-0.3, -0.25) is 9.59 Å². The third-order valence-corrected chi connectivity index (χ3v) is 6.18. The topological polar surface area (TPSA) is 76.0 Å². The second kappa shape index (κ2) is 8.38. The molecule has 3 aromatic rings. The average molecular weight is 415 g/mol. The molecule has 1 aromatic heterocycles. The van der Waals surface area contributed by atoms with E-state index in [4.69, 9.17) is 4.98 Å². The summed E-state index contributed by atoms with van der Waals surface area (Å²) in [6.07, 6.45) is 7.03. The molecule has 2 aliphatic heterocycles. The number of benzene rings is 2. The summed E-state index contributed by atoms with van der Waals surface area (Å²) in [5.41, 5.74) is 4.72. The van der Waals surface area contributed by atoms with Crippen LogP contribution in [0.4, 0.5) is 11.4 Å². The highest BCUT2D eigenvalue weighted by molar-refractivity contribution is 5.96. The van der Waals surface area contributed by atoms with Crippen LogP contribution in [0.5, 0.6) is 0 Å². The number of nitrogens with zero attached hydrogens (tertiary/aromatic N) is 2. The second-order valence-electron chi connectivity index (χ2n) is 8.41. The molecule has 2 aromatic carbocycles. The van der Waals surface area contributed by atoms with E-state index in [0.29, 0.717) is 19.3 Å². The van der Waals surface area contributed by atoms with Gasteiger partial charge in [0.15, 0.2) is 0 Å². The Morgan fingerprint density at radius 2 is 2.06 bits per heavy atom. The monoisotopic (exact) mass is 414 g/mol. The number of nitrogens with one attached hydrogen (secondary N) is 2. The van der Waals surface area contributed by atoms with Crippen LogP contribution in [0.1, 0.15) is 37.1 Å². The van der Waals surface area contributed by atoms with E-state index in [2.05, 4.69) is 21.4 Å². The number of carbonyl (C=O) groups excluding carboxylic acids is 2. The van der Waals surface area contributed by atoms with Crippen LogP contribution in [0, 0.1) is 5.92 Å². The minimum absolute atomic E-state index is 0.00255. The number of hydrogen-bond acceptors (Lipinski definition) is 3. The molecular formula is C25H26N4O2. The predicted octanol–water partition coefficient (Wildman–Crippen LogP) is 4.42. The van der Waals surface area contributed by atoms with Gasteiger partial charge in [0.25, 0.3) is 0 Å². The number of amides is 2. The van der Waals surface area contributed by atoms with E-state index in [1.54, 1.807) is 0 Å². The summed E-state index contributed by atoms with van der Waals surface area (Å²) in [6.45, 7) is 1.03. The molecule has 6 nitrogen and oxygen atoms in total. The Hall–Kier alpha value is -3.41. The van der Waals surface area contributed by atoms with Crippen LogP contribution in [0.2, 0.25) is 0 Å². The number of carbonyl (C=O) groups is 2. The van der Waals surface area contributed by atoms with Crippen molar-refractivity contribution in [3.8, 4) is 11.3 Å². The number of imidazole rings is 1. The molecule has 0 spiro atoms. The highest BCUT2D eigenvalue weighted by Crippen LogP contribution is 2.28. The fourth-order valence-corrected chi connectivity index (χ4v) is 4.48. The second-order valence-corrected chi connectivity index (χ2v) is 8.41. The molecule has 0 fully saturated rings. The van der Waals surface area contributed by atoms with E-state index in [0.717, 1.165) is 47.0 Å². The first-order valence-electron chi connectivity index (χ1n) is 11.0. The van der Waals surface area contributed by atoms with Gasteiger partial charge in [-0.25, -0.2) is 4.98 Å². The molecule has 31 heavy (non-hydrogen) atoms. The van der Waals surface area contributed by atoms with Gasteiger partial charge in [0, 0.05) is 48.4 Å². The van der Waals surface area contributed by atoms with Gasteiger partial charge in [0.05, 0.1) is 5.69 Å². The fraction of sp³-hybridized carbons (Fsp3) is 0.320. The summed E-state index contributed by atoms with van der Waals surface area (Å²) in [7, 11) is 0. The van der Waals surface area contributed by atoms with Gasteiger partial charge < -0.3 is 15.2 Å². The Morgan fingerprint density at radius 3 is 2.97 bits per heavy atom. The largest absolute Gasteiger partial charge is 0.334 e. The lowest BCUT2D eigenvalue weighted by atomic mass is 9.89.